The van der Waals surface area contributed by atoms with Gasteiger partial charge in [-0.15, -0.1) is 0 Å². The second-order valence-electron chi connectivity index (χ2n) is 4.31. The molecule has 0 amide bonds. The molecule has 0 aromatic heterocycles. The summed E-state index contributed by atoms with van der Waals surface area (Å²) in [5, 5.41) is 3.25. The highest BCUT2D eigenvalue weighted by Gasteiger charge is 2.23. The highest BCUT2D eigenvalue weighted by atomic mass is 32.2. The van der Waals surface area contributed by atoms with E-state index in [4.69, 9.17) is 5.73 Å². The van der Waals surface area contributed by atoms with Gasteiger partial charge in [0, 0.05) is 12.2 Å². The first kappa shape index (κ1) is 12.4. The third-order valence-electron chi connectivity index (χ3n) is 2.96. The van der Waals surface area contributed by atoms with E-state index in [1.165, 1.54) is 0 Å². The van der Waals surface area contributed by atoms with Crippen LogP contribution in [0.25, 0.3) is 0 Å². The molecule has 0 fully saturated rings. The van der Waals surface area contributed by atoms with Crippen molar-refractivity contribution in [2.75, 3.05) is 24.2 Å². The van der Waals surface area contributed by atoms with Gasteiger partial charge in [0.15, 0.2) is 9.84 Å². The molecule has 1 aromatic rings. The van der Waals surface area contributed by atoms with Crippen LogP contribution in [0.15, 0.2) is 23.1 Å². The molecule has 0 atom stereocenters. The van der Waals surface area contributed by atoms with Crippen molar-refractivity contribution in [1.82, 2.24) is 0 Å². The predicted octanol–water partition coefficient (Wildman–Crippen LogP) is 1.17. The summed E-state index contributed by atoms with van der Waals surface area (Å²) in [6.07, 6.45) is 2.48. The minimum absolute atomic E-state index is 0.278. The Hall–Kier alpha value is -1.07. The molecule has 0 spiro atoms. The van der Waals surface area contributed by atoms with E-state index in [9.17, 15) is 8.42 Å². The first-order chi connectivity index (χ1) is 8.13. The fourth-order valence-corrected chi connectivity index (χ4v) is 3.67. The number of hydrogen-bond donors (Lipinski definition) is 2. The van der Waals surface area contributed by atoms with Gasteiger partial charge in [0.2, 0.25) is 0 Å². The van der Waals surface area contributed by atoms with Crippen LogP contribution in [0.5, 0.6) is 0 Å². The molecule has 0 bridgehead atoms. The highest BCUT2D eigenvalue weighted by Crippen LogP contribution is 2.27. The van der Waals surface area contributed by atoms with E-state index in [2.05, 4.69) is 5.32 Å². The normalized spacial score (nSPS) is 17.5. The number of rotatable bonds is 4. The van der Waals surface area contributed by atoms with E-state index in [0.29, 0.717) is 11.4 Å². The summed E-state index contributed by atoms with van der Waals surface area (Å²) in [6, 6.07) is 5.50. The molecule has 2 rings (SSSR count). The SMILES string of the molecule is NCCCNc1ccc2c(c1)CCCS2(=O)=O. The van der Waals surface area contributed by atoms with Crippen molar-refractivity contribution < 1.29 is 8.42 Å². The second kappa shape index (κ2) is 5.06. The molecular weight excluding hydrogens is 236 g/mol. The van der Waals surface area contributed by atoms with Crippen molar-refractivity contribution in [1.29, 1.82) is 0 Å². The van der Waals surface area contributed by atoms with Gasteiger partial charge < -0.3 is 11.1 Å². The van der Waals surface area contributed by atoms with Crippen LogP contribution in [0.3, 0.4) is 0 Å². The Labute approximate surface area is 102 Å². The lowest BCUT2D eigenvalue weighted by atomic mass is 10.1. The molecule has 5 heteroatoms. The average molecular weight is 254 g/mol. The number of anilines is 1. The van der Waals surface area contributed by atoms with Gasteiger partial charge in [-0.3, -0.25) is 0 Å². The zero-order valence-electron chi connectivity index (χ0n) is 9.78. The lowest BCUT2D eigenvalue weighted by molar-refractivity contribution is 0.586. The van der Waals surface area contributed by atoms with Gasteiger partial charge >= 0.3 is 0 Å². The molecule has 17 heavy (non-hydrogen) atoms. The van der Waals surface area contributed by atoms with E-state index < -0.39 is 9.84 Å². The summed E-state index contributed by atoms with van der Waals surface area (Å²) in [6.45, 7) is 1.48. The maximum Gasteiger partial charge on any atom is 0.178 e. The van der Waals surface area contributed by atoms with Crippen molar-refractivity contribution in [3.05, 3.63) is 23.8 Å². The van der Waals surface area contributed by atoms with Crippen LogP contribution in [0.4, 0.5) is 5.69 Å². The number of hydrogen-bond acceptors (Lipinski definition) is 4. The summed E-state index contributed by atoms with van der Waals surface area (Å²) in [7, 11) is -3.03. The van der Waals surface area contributed by atoms with Crippen LogP contribution in [0, 0.1) is 0 Å². The maximum atomic E-state index is 11.8. The Morgan fingerprint density at radius 1 is 1.35 bits per heavy atom. The average Bonchev–Trinajstić information content (AvgIpc) is 2.29. The first-order valence-corrected chi connectivity index (χ1v) is 7.58. The largest absolute Gasteiger partial charge is 0.385 e. The van der Waals surface area contributed by atoms with Gasteiger partial charge in [-0.25, -0.2) is 8.42 Å². The van der Waals surface area contributed by atoms with E-state index >= 15 is 0 Å². The number of aryl methyl sites for hydroxylation is 1. The fourth-order valence-electron chi connectivity index (χ4n) is 2.09. The van der Waals surface area contributed by atoms with Gasteiger partial charge in [-0.2, -0.15) is 0 Å². The Balaban J connectivity index is 2.20. The summed E-state index contributed by atoms with van der Waals surface area (Å²) < 4.78 is 23.6. The Bertz CT molecular complexity index is 497. The van der Waals surface area contributed by atoms with Crippen LogP contribution >= 0.6 is 0 Å². The molecule has 0 saturated heterocycles. The van der Waals surface area contributed by atoms with E-state index in [1.54, 1.807) is 6.07 Å². The van der Waals surface area contributed by atoms with Gasteiger partial charge in [-0.1, -0.05) is 0 Å². The van der Waals surface area contributed by atoms with Crippen LogP contribution in [-0.2, 0) is 16.3 Å². The summed E-state index contributed by atoms with van der Waals surface area (Å²) in [4.78, 5) is 0.508. The molecule has 0 saturated carbocycles. The molecular formula is C12H18N2O2S. The zero-order chi connectivity index (χ0) is 12.3. The lowest BCUT2D eigenvalue weighted by Gasteiger charge is -2.17. The van der Waals surface area contributed by atoms with E-state index in [1.807, 2.05) is 12.1 Å². The summed E-state index contributed by atoms with van der Waals surface area (Å²) in [5.41, 5.74) is 7.34. The van der Waals surface area contributed by atoms with Crippen LogP contribution in [-0.4, -0.2) is 27.3 Å². The monoisotopic (exact) mass is 254 g/mol. The third-order valence-corrected chi connectivity index (χ3v) is 4.86. The van der Waals surface area contributed by atoms with Crippen LogP contribution in [0.1, 0.15) is 18.4 Å². The van der Waals surface area contributed by atoms with Gasteiger partial charge in [0.1, 0.15) is 0 Å². The number of benzene rings is 1. The number of nitrogens with one attached hydrogen (secondary N) is 1. The molecule has 1 aromatic carbocycles. The van der Waals surface area contributed by atoms with Crippen molar-refractivity contribution in [3.8, 4) is 0 Å². The molecule has 1 heterocycles. The van der Waals surface area contributed by atoms with Crippen molar-refractivity contribution in [2.45, 2.75) is 24.2 Å². The first-order valence-electron chi connectivity index (χ1n) is 5.93. The summed E-state index contributed by atoms with van der Waals surface area (Å²) >= 11 is 0. The van der Waals surface area contributed by atoms with E-state index in [-0.39, 0.29) is 5.75 Å². The number of fused-ring (bicyclic) bond motifs is 1. The Morgan fingerprint density at radius 2 is 2.18 bits per heavy atom. The fraction of sp³-hybridized carbons (Fsp3) is 0.500. The molecule has 1 aliphatic heterocycles. The smallest absolute Gasteiger partial charge is 0.178 e. The minimum atomic E-state index is -3.03. The standard InChI is InChI=1S/C12H18N2O2S/c13-6-2-7-14-11-4-5-12-10(9-11)3-1-8-17(12,15)16/h4-5,9,14H,1-3,6-8,13H2. The number of nitrogens with two attached hydrogens (primary N) is 1. The molecule has 1 aliphatic rings. The number of sulfone groups is 1. The second-order valence-corrected chi connectivity index (χ2v) is 6.39. The van der Waals surface area contributed by atoms with Gasteiger partial charge in [-0.05, 0) is 49.6 Å². The molecule has 0 aliphatic carbocycles. The Kier molecular flexibility index (Phi) is 3.69. The van der Waals surface area contributed by atoms with Gasteiger partial charge in [0.05, 0.1) is 10.6 Å². The predicted molar refractivity (Wildman–Crippen MR) is 69.0 cm³/mol. The van der Waals surface area contributed by atoms with Crippen molar-refractivity contribution >= 4 is 15.5 Å². The summed E-state index contributed by atoms with van der Waals surface area (Å²) in [5.74, 6) is 0.278. The zero-order valence-corrected chi connectivity index (χ0v) is 10.6. The maximum absolute atomic E-state index is 11.8. The van der Waals surface area contributed by atoms with Gasteiger partial charge in [0.25, 0.3) is 0 Å². The third kappa shape index (κ3) is 2.79. The molecule has 4 nitrogen and oxygen atoms in total. The van der Waals surface area contributed by atoms with Crippen LogP contribution in [0.2, 0.25) is 0 Å². The lowest BCUT2D eigenvalue weighted by Crippen LogP contribution is -2.16. The molecule has 3 N–H and O–H groups in total. The van der Waals surface area contributed by atoms with Crippen molar-refractivity contribution in [2.24, 2.45) is 5.73 Å². The minimum Gasteiger partial charge on any atom is -0.385 e. The quantitative estimate of drug-likeness (QED) is 0.791. The topological polar surface area (TPSA) is 72.2 Å². The molecule has 0 unspecified atom stereocenters. The molecule has 0 radical (unpaired) electrons. The highest BCUT2D eigenvalue weighted by molar-refractivity contribution is 7.91. The molecule has 94 valence electrons. The Morgan fingerprint density at radius 3 is 2.94 bits per heavy atom. The van der Waals surface area contributed by atoms with Crippen molar-refractivity contribution in [3.63, 3.8) is 0 Å². The van der Waals surface area contributed by atoms with E-state index in [0.717, 1.165) is 37.1 Å². The van der Waals surface area contributed by atoms with Crippen LogP contribution < -0.4 is 11.1 Å².